The van der Waals surface area contributed by atoms with Crippen LogP contribution in [-0.2, 0) is 13.6 Å². The summed E-state index contributed by atoms with van der Waals surface area (Å²) >= 11 is 0. The molecule has 0 aliphatic rings. The minimum atomic E-state index is -0.462. The minimum absolute atomic E-state index is 0.125. The fourth-order valence-electron chi connectivity index (χ4n) is 3.89. The van der Waals surface area contributed by atoms with Crippen LogP contribution in [0.4, 0.5) is 0 Å². The van der Waals surface area contributed by atoms with Crippen molar-refractivity contribution >= 4 is 32.3 Å². The molecule has 0 spiro atoms. The molecule has 0 fully saturated rings. The lowest BCUT2D eigenvalue weighted by Gasteiger charge is -2.06. The Morgan fingerprint density at radius 3 is 1.82 bits per heavy atom. The van der Waals surface area contributed by atoms with Crippen molar-refractivity contribution in [3.63, 3.8) is 0 Å². The third-order valence-corrected chi connectivity index (χ3v) is 5.39. The van der Waals surface area contributed by atoms with Crippen LogP contribution in [0.15, 0.2) is 73.8 Å². The smallest absolute Gasteiger partial charge is 0.261 e. The molecule has 0 aliphatic carbocycles. The van der Waals surface area contributed by atoms with Gasteiger partial charge in [-0.1, -0.05) is 42.5 Å². The van der Waals surface area contributed by atoms with Gasteiger partial charge in [0.1, 0.15) is 0 Å². The highest BCUT2D eigenvalue weighted by Gasteiger charge is 2.18. The summed E-state index contributed by atoms with van der Waals surface area (Å²) in [6, 6.07) is 16.2. The van der Waals surface area contributed by atoms with Gasteiger partial charge in [-0.2, -0.15) is 0 Å². The van der Waals surface area contributed by atoms with Crippen LogP contribution in [0.1, 0.15) is 5.56 Å². The zero-order chi connectivity index (χ0) is 19.6. The van der Waals surface area contributed by atoms with E-state index in [-0.39, 0.29) is 28.1 Å². The van der Waals surface area contributed by atoms with Crippen LogP contribution in [0.2, 0.25) is 0 Å². The maximum absolute atomic E-state index is 12.9. The quantitative estimate of drug-likeness (QED) is 0.473. The van der Waals surface area contributed by atoms with Crippen molar-refractivity contribution in [2.24, 2.45) is 7.05 Å². The van der Waals surface area contributed by atoms with E-state index in [2.05, 4.69) is 0 Å². The number of nitrogens with zero attached hydrogens (tertiary/aromatic N) is 2. The van der Waals surface area contributed by atoms with E-state index in [9.17, 15) is 19.2 Å². The number of hydrogen-bond acceptors (Lipinski definition) is 4. The van der Waals surface area contributed by atoms with E-state index in [1.54, 1.807) is 0 Å². The van der Waals surface area contributed by atoms with Gasteiger partial charge in [-0.3, -0.25) is 28.3 Å². The maximum Gasteiger partial charge on any atom is 0.261 e. The van der Waals surface area contributed by atoms with Crippen LogP contribution in [0.5, 0.6) is 0 Å². The molecule has 0 amide bonds. The first-order valence-electron chi connectivity index (χ1n) is 8.80. The first-order chi connectivity index (χ1) is 13.5. The number of hydrogen-bond donors (Lipinski definition) is 0. The summed E-state index contributed by atoms with van der Waals surface area (Å²) in [5.41, 5.74) is -0.978. The van der Waals surface area contributed by atoms with E-state index in [0.717, 1.165) is 20.9 Å². The Morgan fingerprint density at radius 2 is 1.18 bits per heavy atom. The van der Waals surface area contributed by atoms with Crippen molar-refractivity contribution < 1.29 is 0 Å². The second-order valence-corrected chi connectivity index (χ2v) is 6.95. The summed E-state index contributed by atoms with van der Waals surface area (Å²) < 4.78 is 2.16. The molecule has 2 aromatic heterocycles. The first kappa shape index (κ1) is 16.4. The van der Waals surface area contributed by atoms with E-state index in [1.165, 1.54) is 23.7 Å². The van der Waals surface area contributed by atoms with Gasteiger partial charge in [0.2, 0.25) is 0 Å². The van der Waals surface area contributed by atoms with Gasteiger partial charge < -0.3 is 0 Å². The van der Waals surface area contributed by atoms with Crippen LogP contribution in [-0.4, -0.2) is 9.13 Å². The SMILES string of the molecule is Cn1c(=O)c2cc3c(=O)n(Cc4cccc5ccccc45)c(=O)c3cc2c1=O. The van der Waals surface area contributed by atoms with Gasteiger partial charge in [0.05, 0.1) is 28.1 Å². The fraction of sp³-hybridized carbons (Fsp3) is 0.0909. The Labute approximate surface area is 157 Å². The summed E-state index contributed by atoms with van der Waals surface area (Å²) in [4.78, 5) is 50.2. The van der Waals surface area contributed by atoms with Gasteiger partial charge in [-0.25, -0.2) is 0 Å². The highest BCUT2D eigenvalue weighted by Crippen LogP contribution is 2.20. The van der Waals surface area contributed by atoms with E-state index in [1.807, 2.05) is 42.5 Å². The van der Waals surface area contributed by atoms with Crippen molar-refractivity contribution in [2.45, 2.75) is 6.54 Å². The van der Waals surface area contributed by atoms with E-state index >= 15 is 0 Å². The van der Waals surface area contributed by atoms with Crippen molar-refractivity contribution in [3.8, 4) is 0 Å². The molecule has 0 N–H and O–H groups in total. The summed E-state index contributed by atoms with van der Waals surface area (Å²) in [6.07, 6.45) is 0. The van der Waals surface area contributed by atoms with Crippen LogP contribution < -0.4 is 22.2 Å². The van der Waals surface area contributed by atoms with E-state index in [4.69, 9.17) is 0 Å². The van der Waals surface area contributed by atoms with E-state index < -0.39 is 22.2 Å². The van der Waals surface area contributed by atoms with E-state index in [0.29, 0.717) is 0 Å². The molecule has 0 bridgehead atoms. The molecule has 5 rings (SSSR count). The number of fused-ring (bicyclic) bond motifs is 3. The third-order valence-electron chi connectivity index (χ3n) is 5.39. The fourth-order valence-corrected chi connectivity index (χ4v) is 3.89. The highest BCUT2D eigenvalue weighted by molar-refractivity contribution is 5.97. The average Bonchev–Trinajstić information content (AvgIpc) is 3.07. The lowest BCUT2D eigenvalue weighted by Crippen LogP contribution is -2.26. The predicted octanol–water partition coefficient (Wildman–Crippen LogP) is 1.65. The van der Waals surface area contributed by atoms with Crippen molar-refractivity contribution in [1.29, 1.82) is 0 Å². The second-order valence-electron chi connectivity index (χ2n) is 6.95. The van der Waals surface area contributed by atoms with Gasteiger partial charge in [-0.15, -0.1) is 0 Å². The Bertz CT molecular complexity index is 1550. The van der Waals surface area contributed by atoms with Gasteiger partial charge in [0.15, 0.2) is 0 Å². The Kier molecular flexibility index (Phi) is 3.27. The van der Waals surface area contributed by atoms with Crippen molar-refractivity contribution in [2.75, 3.05) is 0 Å². The summed E-state index contributed by atoms with van der Waals surface area (Å²) in [7, 11) is 1.38. The monoisotopic (exact) mass is 370 g/mol. The summed E-state index contributed by atoms with van der Waals surface area (Å²) in [5, 5.41) is 2.66. The van der Waals surface area contributed by atoms with Crippen molar-refractivity contribution in [1.82, 2.24) is 9.13 Å². The van der Waals surface area contributed by atoms with Crippen LogP contribution in [0, 0.1) is 0 Å². The topological polar surface area (TPSA) is 78.1 Å². The molecular formula is C22H14N2O4. The minimum Gasteiger partial charge on any atom is -0.277 e. The molecule has 0 atom stereocenters. The maximum atomic E-state index is 12.9. The molecule has 5 aromatic rings. The lowest BCUT2D eigenvalue weighted by atomic mass is 10.0. The molecule has 0 radical (unpaired) electrons. The molecule has 3 aromatic carbocycles. The molecular weight excluding hydrogens is 356 g/mol. The molecule has 6 heteroatoms. The predicted molar refractivity (Wildman–Crippen MR) is 109 cm³/mol. The zero-order valence-electron chi connectivity index (χ0n) is 14.9. The summed E-state index contributed by atoms with van der Waals surface area (Å²) in [6.45, 7) is 0.125. The van der Waals surface area contributed by atoms with Crippen LogP contribution in [0.25, 0.3) is 32.3 Å². The molecule has 28 heavy (non-hydrogen) atoms. The normalized spacial score (nSPS) is 11.8. The largest absolute Gasteiger partial charge is 0.277 e. The first-order valence-corrected chi connectivity index (χ1v) is 8.80. The van der Waals surface area contributed by atoms with Crippen LogP contribution >= 0.6 is 0 Å². The second kappa shape index (κ2) is 5.60. The van der Waals surface area contributed by atoms with Gasteiger partial charge >= 0.3 is 0 Å². The summed E-state index contributed by atoms with van der Waals surface area (Å²) in [5.74, 6) is 0. The number of rotatable bonds is 2. The molecule has 6 nitrogen and oxygen atoms in total. The van der Waals surface area contributed by atoms with Gasteiger partial charge in [0, 0.05) is 7.05 Å². The Morgan fingerprint density at radius 1 is 0.643 bits per heavy atom. The Hall–Kier alpha value is -3.80. The standard InChI is InChI=1S/C22H14N2O4/c1-23-19(25)15-9-17-18(10-16(15)20(23)26)22(28)24(21(17)27)11-13-7-4-6-12-5-2-3-8-14(12)13/h2-10H,11H2,1H3. The molecule has 136 valence electrons. The average molecular weight is 370 g/mol. The third kappa shape index (κ3) is 2.08. The Balaban J connectivity index is 1.79. The van der Waals surface area contributed by atoms with Gasteiger partial charge in [-0.05, 0) is 28.5 Å². The van der Waals surface area contributed by atoms with Crippen LogP contribution in [0.3, 0.4) is 0 Å². The van der Waals surface area contributed by atoms with Crippen molar-refractivity contribution in [3.05, 3.63) is 102 Å². The molecule has 0 aliphatic heterocycles. The molecule has 0 unspecified atom stereocenters. The van der Waals surface area contributed by atoms with Gasteiger partial charge in [0.25, 0.3) is 22.2 Å². The number of aromatic nitrogens is 2. The lowest BCUT2D eigenvalue weighted by molar-refractivity contribution is 0.759. The molecule has 2 heterocycles. The zero-order valence-corrected chi connectivity index (χ0v) is 14.9. The molecule has 0 saturated heterocycles. The molecule has 0 saturated carbocycles. The highest BCUT2D eigenvalue weighted by atomic mass is 16.2. The number of benzene rings is 3.